The Bertz CT molecular complexity index is 1570. The van der Waals surface area contributed by atoms with Gasteiger partial charge in [0.05, 0.1) is 10.9 Å². The Hall–Kier alpha value is -3.23. The normalized spacial score (nSPS) is 25.8. The first-order valence-electron chi connectivity index (χ1n) is 14.4. The third kappa shape index (κ3) is 5.28. The first-order valence-corrected chi connectivity index (χ1v) is 15.9. The van der Waals surface area contributed by atoms with Gasteiger partial charge in [0.15, 0.2) is 9.84 Å². The Labute approximate surface area is 254 Å². The monoisotopic (exact) mass is 666 g/mol. The van der Waals surface area contributed by atoms with E-state index in [1.165, 1.54) is 11.8 Å². The number of alkyl halides is 7. The van der Waals surface area contributed by atoms with Crippen LogP contribution in [0.1, 0.15) is 62.1 Å². The smallest absolute Gasteiger partial charge is 0.354 e. The van der Waals surface area contributed by atoms with Crippen LogP contribution in [-0.4, -0.2) is 56.1 Å². The van der Waals surface area contributed by atoms with Crippen LogP contribution in [0.15, 0.2) is 47.4 Å². The Morgan fingerprint density at radius 2 is 1.49 bits per heavy atom. The van der Waals surface area contributed by atoms with Crippen molar-refractivity contribution in [2.45, 2.75) is 91.6 Å². The van der Waals surface area contributed by atoms with Crippen molar-refractivity contribution < 1.29 is 53.1 Å². The predicted octanol–water partition coefficient (Wildman–Crippen LogP) is 6.03. The second-order valence-corrected chi connectivity index (χ2v) is 14.2. The highest BCUT2D eigenvalue weighted by Crippen LogP contribution is 2.57. The maximum absolute atomic E-state index is 15.0. The molecule has 1 aliphatic heterocycles. The minimum atomic E-state index is -6.36. The van der Waals surface area contributed by atoms with Crippen molar-refractivity contribution in [2.75, 3.05) is 6.54 Å². The molecule has 2 aromatic rings. The highest BCUT2D eigenvalue weighted by atomic mass is 32.2. The number of hydrogen-bond donors (Lipinski definition) is 1. The van der Waals surface area contributed by atoms with E-state index in [-0.39, 0.29) is 59.7 Å². The van der Waals surface area contributed by atoms with Gasteiger partial charge in [-0.25, -0.2) is 17.2 Å². The molecule has 2 atom stereocenters. The van der Waals surface area contributed by atoms with Crippen LogP contribution in [0.3, 0.4) is 0 Å². The molecule has 3 aliphatic rings. The van der Waals surface area contributed by atoms with Gasteiger partial charge in [-0.05, 0) is 80.3 Å². The van der Waals surface area contributed by atoms with Crippen molar-refractivity contribution >= 4 is 21.7 Å². The summed E-state index contributed by atoms with van der Waals surface area (Å²) in [4.78, 5) is 26.4. The summed E-state index contributed by atoms with van der Waals surface area (Å²) in [6.45, 7) is 1.31. The van der Waals surface area contributed by atoms with Gasteiger partial charge in [-0.15, -0.1) is 0 Å². The fourth-order valence-electron chi connectivity index (χ4n) is 7.32. The molecule has 1 N–H and O–H groups in total. The second-order valence-electron chi connectivity index (χ2n) is 12.0. The highest BCUT2D eigenvalue weighted by molar-refractivity contribution is 7.92. The summed E-state index contributed by atoms with van der Waals surface area (Å²) < 4.78 is 137. The van der Waals surface area contributed by atoms with E-state index in [1.807, 2.05) is 0 Å². The molecule has 2 aliphatic carbocycles. The van der Waals surface area contributed by atoms with Gasteiger partial charge in [-0.2, -0.15) is 26.3 Å². The summed E-state index contributed by atoms with van der Waals surface area (Å²) in [6, 6.07) is 4.17. The Balaban J connectivity index is 1.59. The number of amides is 2. The third-order valence-corrected chi connectivity index (χ3v) is 12.0. The highest BCUT2D eigenvalue weighted by Gasteiger charge is 2.74. The number of nitrogens with zero attached hydrogens (tertiary/aromatic N) is 1. The Morgan fingerprint density at radius 3 is 2.04 bits per heavy atom. The molecule has 246 valence electrons. The number of benzene rings is 2. The van der Waals surface area contributed by atoms with Crippen LogP contribution in [0.4, 0.5) is 35.1 Å². The van der Waals surface area contributed by atoms with Crippen molar-refractivity contribution in [3.63, 3.8) is 0 Å². The predicted molar refractivity (Wildman–Crippen MR) is 145 cm³/mol. The molecule has 1 saturated heterocycles. The van der Waals surface area contributed by atoms with E-state index < -0.39 is 55.9 Å². The van der Waals surface area contributed by atoms with Gasteiger partial charge in [-0.1, -0.05) is 18.2 Å². The molecule has 0 bridgehead atoms. The van der Waals surface area contributed by atoms with E-state index in [1.54, 1.807) is 0 Å². The van der Waals surface area contributed by atoms with Crippen LogP contribution in [0.25, 0.3) is 0 Å². The quantitative estimate of drug-likeness (QED) is 0.313. The zero-order valence-corrected chi connectivity index (χ0v) is 24.8. The van der Waals surface area contributed by atoms with Gasteiger partial charge >= 0.3 is 18.0 Å². The number of sulfone groups is 1. The SMILES string of the molecule is CC(=O)NC1CCC(C(=O)N2CC[C@@]3(S(=O)(=O)c4ccc(F)cc4)c4ccc(C(F)(C(F)(F)F)C(F)(F)F)cc4CC[C@@H]23)CC1. The second kappa shape index (κ2) is 11.2. The molecule has 6 nitrogen and oxygen atoms in total. The average Bonchev–Trinajstić information content (AvgIpc) is 3.37. The largest absolute Gasteiger partial charge is 0.435 e. The van der Waals surface area contributed by atoms with E-state index in [9.17, 15) is 53.1 Å². The summed E-state index contributed by atoms with van der Waals surface area (Å²) >= 11 is 0. The fourth-order valence-corrected chi connectivity index (χ4v) is 9.69. The molecule has 1 heterocycles. The van der Waals surface area contributed by atoms with Crippen molar-refractivity contribution in [2.24, 2.45) is 5.92 Å². The number of rotatable bonds is 5. The summed E-state index contributed by atoms with van der Waals surface area (Å²) in [7, 11) is -4.56. The molecule has 45 heavy (non-hydrogen) atoms. The van der Waals surface area contributed by atoms with E-state index >= 15 is 0 Å². The van der Waals surface area contributed by atoms with Crippen LogP contribution in [0.5, 0.6) is 0 Å². The molecule has 5 rings (SSSR count). The minimum Gasteiger partial charge on any atom is -0.354 e. The lowest BCUT2D eigenvalue weighted by atomic mass is 9.76. The number of carbonyl (C=O) groups is 2. The first kappa shape index (κ1) is 33.1. The molecule has 15 heteroatoms. The van der Waals surface area contributed by atoms with E-state index in [2.05, 4.69) is 5.32 Å². The topological polar surface area (TPSA) is 83.6 Å². The zero-order chi connectivity index (χ0) is 33.2. The standard InChI is InChI=1S/C30H30F8N2O4S/c1-17(41)39-22-8-2-18(3-9-22)26(42)40-15-14-27(45(43,44)23-10-6-21(31)7-11-23)24-12-5-20(16-19(24)4-13-25(27)40)28(32,29(33,34)35)30(36,37)38/h5-7,10-12,16,18,22,25H,2-4,8-9,13-15H2,1H3,(H,39,41)/t18?,22?,25-,27-/m1/s1. The molecule has 2 aromatic carbocycles. The van der Waals surface area contributed by atoms with Crippen molar-refractivity contribution in [3.05, 3.63) is 65.0 Å². The van der Waals surface area contributed by atoms with Crippen molar-refractivity contribution in [1.82, 2.24) is 10.2 Å². The molecule has 2 fully saturated rings. The van der Waals surface area contributed by atoms with Gasteiger partial charge in [0, 0.05) is 31.0 Å². The van der Waals surface area contributed by atoms with Crippen LogP contribution < -0.4 is 5.32 Å². The van der Waals surface area contributed by atoms with E-state index in [0.29, 0.717) is 37.8 Å². The van der Waals surface area contributed by atoms with Gasteiger partial charge in [0.1, 0.15) is 10.6 Å². The molecular formula is C30H30F8N2O4S. The van der Waals surface area contributed by atoms with Crippen LogP contribution in [0, 0.1) is 11.7 Å². The number of carbonyl (C=O) groups excluding carboxylic acids is 2. The Kier molecular flexibility index (Phi) is 8.27. The van der Waals surface area contributed by atoms with Gasteiger partial charge < -0.3 is 10.2 Å². The lowest BCUT2D eigenvalue weighted by molar-refractivity contribution is -0.348. The molecule has 2 amide bonds. The molecule has 0 aromatic heterocycles. The molecular weight excluding hydrogens is 636 g/mol. The van der Waals surface area contributed by atoms with Gasteiger partial charge in [-0.3, -0.25) is 9.59 Å². The number of halogens is 8. The zero-order valence-electron chi connectivity index (χ0n) is 23.9. The number of likely N-dealkylation sites (tertiary alicyclic amines) is 1. The summed E-state index contributed by atoms with van der Waals surface area (Å²) in [5.74, 6) is -1.78. The Morgan fingerprint density at radius 1 is 0.889 bits per heavy atom. The summed E-state index contributed by atoms with van der Waals surface area (Å²) in [6.07, 6.45) is -11.5. The molecule has 1 saturated carbocycles. The molecule has 0 spiro atoms. The summed E-state index contributed by atoms with van der Waals surface area (Å²) in [5, 5.41) is 2.81. The van der Waals surface area contributed by atoms with Gasteiger partial charge in [0.25, 0.3) is 0 Å². The van der Waals surface area contributed by atoms with Crippen LogP contribution >= 0.6 is 0 Å². The lowest BCUT2D eigenvalue weighted by Crippen LogP contribution is -2.54. The van der Waals surface area contributed by atoms with Crippen molar-refractivity contribution in [1.29, 1.82) is 0 Å². The first-order chi connectivity index (χ1) is 20.8. The number of nitrogens with one attached hydrogen (secondary N) is 1. The van der Waals surface area contributed by atoms with E-state index in [0.717, 1.165) is 30.3 Å². The lowest BCUT2D eigenvalue weighted by Gasteiger charge is -2.44. The van der Waals surface area contributed by atoms with Gasteiger partial charge in [0.2, 0.25) is 11.8 Å². The number of hydrogen-bond acceptors (Lipinski definition) is 4. The van der Waals surface area contributed by atoms with Crippen LogP contribution in [-0.2, 0) is 36.3 Å². The van der Waals surface area contributed by atoms with Crippen LogP contribution in [0.2, 0.25) is 0 Å². The van der Waals surface area contributed by atoms with Crippen molar-refractivity contribution in [3.8, 4) is 0 Å². The number of aryl methyl sites for hydroxylation is 1. The molecule has 0 radical (unpaired) electrons. The maximum atomic E-state index is 15.0. The minimum absolute atomic E-state index is 0.0745. The maximum Gasteiger partial charge on any atom is 0.435 e. The summed E-state index contributed by atoms with van der Waals surface area (Å²) in [5.41, 5.74) is -7.77. The number of fused-ring (bicyclic) bond motifs is 3. The average molecular weight is 667 g/mol. The third-order valence-electron chi connectivity index (χ3n) is 9.44. The fraction of sp³-hybridized carbons (Fsp3) is 0.533. The van der Waals surface area contributed by atoms with E-state index in [4.69, 9.17) is 0 Å². The molecule has 0 unspecified atom stereocenters.